The number of rotatable bonds is 3. The summed E-state index contributed by atoms with van der Waals surface area (Å²) in [4.78, 5) is 4.17. The Balaban J connectivity index is 2.47. The van der Waals surface area contributed by atoms with Crippen molar-refractivity contribution in [3.05, 3.63) is 42.2 Å². The molecule has 0 unspecified atom stereocenters. The minimum absolute atomic E-state index is 0.269. The largest absolute Gasteiger partial charge is 0.481 e. The maximum absolute atomic E-state index is 12.8. The van der Waals surface area contributed by atoms with Gasteiger partial charge in [0.1, 0.15) is 5.82 Å². The summed E-state index contributed by atoms with van der Waals surface area (Å²) in [6.45, 7) is 0. The molecule has 0 spiro atoms. The van der Waals surface area contributed by atoms with Gasteiger partial charge >= 0.3 is 0 Å². The molecule has 88 valence electrons. The van der Waals surface area contributed by atoms with E-state index in [1.165, 1.54) is 19.2 Å². The van der Waals surface area contributed by atoms with E-state index in [4.69, 9.17) is 9.47 Å². The molecule has 1 aromatic carbocycles. The van der Waals surface area contributed by atoms with E-state index in [9.17, 15) is 4.39 Å². The monoisotopic (exact) mass is 233 g/mol. The van der Waals surface area contributed by atoms with Crippen molar-refractivity contribution in [3.8, 4) is 22.9 Å². The molecule has 2 aromatic rings. The fraction of sp³-hybridized carbons (Fsp3) is 0.154. The van der Waals surface area contributed by atoms with Crippen LogP contribution in [0, 0.1) is 5.82 Å². The second-order valence-electron chi connectivity index (χ2n) is 3.42. The first-order valence-electron chi connectivity index (χ1n) is 5.09. The molecule has 3 nitrogen and oxygen atoms in total. The van der Waals surface area contributed by atoms with Crippen molar-refractivity contribution in [2.45, 2.75) is 0 Å². The summed E-state index contributed by atoms with van der Waals surface area (Å²) in [6, 6.07) is 9.74. The molecule has 0 amide bonds. The fourth-order valence-electron chi connectivity index (χ4n) is 1.54. The van der Waals surface area contributed by atoms with Gasteiger partial charge in [0.15, 0.2) is 0 Å². The lowest BCUT2D eigenvalue weighted by Crippen LogP contribution is -1.94. The molecule has 1 aromatic heterocycles. The van der Waals surface area contributed by atoms with Gasteiger partial charge in [0, 0.05) is 11.6 Å². The molecule has 0 saturated heterocycles. The highest BCUT2D eigenvalue weighted by atomic mass is 19.1. The Morgan fingerprint density at radius 2 is 1.65 bits per heavy atom. The van der Waals surface area contributed by atoms with Crippen molar-refractivity contribution >= 4 is 0 Å². The van der Waals surface area contributed by atoms with Crippen LogP contribution in [0.1, 0.15) is 0 Å². The summed E-state index contributed by atoms with van der Waals surface area (Å²) >= 11 is 0. The zero-order valence-electron chi connectivity index (χ0n) is 9.61. The van der Waals surface area contributed by atoms with E-state index < -0.39 is 0 Å². The number of hydrogen-bond acceptors (Lipinski definition) is 3. The van der Waals surface area contributed by atoms with Crippen LogP contribution >= 0.6 is 0 Å². The molecule has 0 aliphatic rings. The summed E-state index contributed by atoms with van der Waals surface area (Å²) in [7, 11) is 3.08. The van der Waals surface area contributed by atoms with Gasteiger partial charge in [-0.2, -0.15) is 4.98 Å². The van der Waals surface area contributed by atoms with Gasteiger partial charge in [-0.25, -0.2) is 4.39 Å². The molecule has 0 saturated carbocycles. The Labute approximate surface area is 98.8 Å². The summed E-state index contributed by atoms with van der Waals surface area (Å²) in [5.41, 5.74) is 1.65. The Kier molecular flexibility index (Phi) is 3.23. The number of hydrogen-bond donors (Lipinski definition) is 0. The summed E-state index contributed by atoms with van der Waals surface area (Å²) in [5.74, 6) is 0.665. The quantitative estimate of drug-likeness (QED) is 0.816. The normalized spacial score (nSPS) is 10.1. The van der Waals surface area contributed by atoms with E-state index in [0.29, 0.717) is 11.8 Å². The molecule has 0 fully saturated rings. The van der Waals surface area contributed by atoms with Crippen molar-refractivity contribution in [1.82, 2.24) is 4.98 Å². The van der Waals surface area contributed by atoms with Crippen molar-refractivity contribution in [1.29, 1.82) is 0 Å². The molecular formula is C13H12FNO2. The van der Waals surface area contributed by atoms with E-state index in [2.05, 4.69) is 4.98 Å². The highest BCUT2D eigenvalue weighted by Crippen LogP contribution is 2.30. The first-order valence-corrected chi connectivity index (χ1v) is 5.09. The Bertz CT molecular complexity index is 511. The van der Waals surface area contributed by atoms with Crippen LogP contribution < -0.4 is 9.47 Å². The van der Waals surface area contributed by atoms with Crippen LogP contribution in [-0.2, 0) is 0 Å². The van der Waals surface area contributed by atoms with Gasteiger partial charge in [-0.05, 0) is 23.8 Å². The molecule has 17 heavy (non-hydrogen) atoms. The van der Waals surface area contributed by atoms with Gasteiger partial charge in [-0.3, -0.25) is 0 Å². The number of halogens is 1. The van der Waals surface area contributed by atoms with Crippen LogP contribution in [0.25, 0.3) is 11.1 Å². The maximum atomic E-state index is 12.8. The predicted octanol–water partition coefficient (Wildman–Crippen LogP) is 2.90. The topological polar surface area (TPSA) is 31.4 Å². The lowest BCUT2D eigenvalue weighted by molar-refractivity contribution is 0.366. The van der Waals surface area contributed by atoms with Crippen molar-refractivity contribution < 1.29 is 13.9 Å². The highest BCUT2D eigenvalue weighted by molar-refractivity contribution is 5.68. The second kappa shape index (κ2) is 4.82. The number of pyridine rings is 1. The van der Waals surface area contributed by atoms with E-state index in [1.54, 1.807) is 25.3 Å². The molecule has 1 heterocycles. The number of ether oxygens (including phenoxy) is 2. The van der Waals surface area contributed by atoms with Gasteiger partial charge in [-0.1, -0.05) is 12.1 Å². The van der Waals surface area contributed by atoms with Crippen molar-refractivity contribution in [3.63, 3.8) is 0 Å². The Morgan fingerprint density at radius 3 is 2.24 bits per heavy atom. The van der Waals surface area contributed by atoms with Gasteiger partial charge in [0.25, 0.3) is 0 Å². The van der Waals surface area contributed by atoms with E-state index >= 15 is 0 Å². The number of aromatic nitrogens is 1. The Hall–Kier alpha value is -2.10. The minimum atomic E-state index is -0.269. The average molecular weight is 233 g/mol. The lowest BCUT2D eigenvalue weighted by atomic mass is 10.1. The molecule has 0 bridgehead atoms. The summed E-state index contributed by atoms with van der Waals surface area (Å²) in [5, 5.41) is 0. The molecule has 0 aliphatic heterocycles. The number of nitrogens with zero attached hydrogens (tertiary/aromatic N) is 1. The highest BCUT2D eigenvalue weighted by Gasteiger charge is 2.08. The molecule has 0 radical (unpaired) electrons. The van der Waals surface area contributed by atoms with Crippen LogP contribution in [0.2, 0.25) is 0 Å². The van der Waals surface area contributed by atoms with E-state index in [0.717, 1.165) is 11.1 Å². The zero-order chi connectivity index (χ0) is 12.3. The molecule has 4 heteroatoms. The number of benzene rings is 1. The fourth-order valence-corrected chi connectivity index (χ4v) is 1.54. The zero-order valence-corrected chi connectivity index (χ0v) is 9.61. The van der Waals surface area contributed by atoms with Gasteiger partial charge in [0.05, 0.1) is 14.2 Å². The van der Waals surface area contributed by atoms with E-state index in [1.807, 2.05) is 6.07 Å². The third kappa shape index (κ3) is 2.36. The second-order valence-corrected chi connectivity index (χ2v) is 3.42. The van der Waals surface area contributed by atoms with Gasteiger partial charge in [0.2, 0.25) is 11.8 Å². The van der Waals surface area contributed by atoms with Crippen molar-refractivity contribution in [2.75, 3.05) is 14.2 Å². The van der Waals surface area contributed by atoms with Crippen LogP contribution in [0.5, 0.6) is 11.8 Å². The van der Waals surface area contributed by atoms with Crippen LogP contribution in [0.15, 0.2) is 36.4 Å². The van der Waals surface area contributed by atoms with Gasteiger partial charge < -0.3 is 9.47 Å². The summed E-state index contributed by atoms with van der Waals surface area (Å²) < 4.78 is 23.0. The first kappa shape index (κ1) is 11.4. The third-order valence-corrected chi connectivity index (χ3v) is 2.39. The lowest BCUT2D eigenvalue weighted by Gasteiger charge is -2.09. The molecular weight excluding hydrogens is 221 g/mol. The van der Waals surface area contributed by atoms with Gasteiger partial charge in [-0.15, -0.1) is 0 Å². The van der Waals surface area contributed by atoms with Crippen molar-refractivity contribution in [2.24, 2.45) is 0 Å². The van der Waals surface area contributed by atoms with Crippen LogP contribution in [0.4, 0.5) is 4.39 Å². The van der Waals surface area contributed by atoms with Crippen LogP contribution in [0.3, 0.4) is 0 Å². The minimum Gasteiger partial charge on any atom is -0.481 e. The Morgan fingerprint density at radius 1 is 0.941 bits per heavy atom. The predicted molar refractivity (Wildman–Crippen MR) is 62.7 cm³/mol. The SMILES string of the molecule is COc1ccc(-c2ccc(F)cc2)c(OC)n1. The molecule has 0 aliphatic carbocycles. The standard InChI is InChI=1S/C13H12FNO2/c1-16-12-8-7-11(13(15-12)17-2)9-3-5-10(14)6-4-9/h3-8H,1-2H3. The molecule has 0 N–H and O–H groups in total. The number of methoxy groups -OCH3 is 2. The first-order chi connectivity index (χ1) is 8.24. The third-order valence-electron chi connectivity index (χ3n) is 2.39. The summed E-state index contributed by atoms with van der Waals surface area (Å²) in [6.07, 6.45) is 0. The average Bonchev–Trinajstić information content (AvgIpc) is 2.39. The maximum Gasteiger partial charge on any atom is 0.224 e. The van der Waals surface area contributed by atoms with E-state index in [-0.39, 0.29) is 5.82 Å². The van der Waals surface area contributed by atoms with Crippen LogP contribution in [-0.4, -0.2) is 19.2 Å². The molecule has 0 atom stereocenters. The smallest absolute Gasteiger partial charge is 0.224 e. The molecule has 2 rings (SSSR count).